The molecule has 9 heteroatoms. The summed E-state index contributed by atoms with van der Waals surface area (Å²) in [4.78, 5) is 16.6. The number of carbonyl (C=O) groups is 1. The largest absolute Gasteiger partial charge is 0.360 e. The molecule has 3 aromatic rings. The molecule has 0 saturated carbocycles. The Morgan fingerprint density at radius 2 is 1.83 bits per heavy atom. The van der Waals surface area contributed by atoms with Crippen molar-refractivity contribution in [2.24, 2.45) is 0 Å². The molecule has 0 fully saturated rings. The Morgan fingerprint density at radius 1 is 1.17 bits per heavy atom. The van der Waals surface area contributed by atoms with E-state index in [9.17, 15) is 4.79 Å². The summed E-state index contributed by atoms with van der Waals surface area (Å²) < 4.78 is 6.25. The number of hydrogen-bond acceptors (Lipinski definition) is 4. The topological polar surface area (TPSA) is 60.9 Å². The van der Waals surface area contributed by atoms with Gasteiger partial charge < -0.3 is 4.52 Å². The van der Waals surface area contributed by atoms with Crippen molar-refractivity contribution >= 4 is 52.3 Å². The fraction of sp³-hybridized carbons (Fsp3) is 0.0714. The zero-order valence-corrected chi connectivity index (χ0v) is 14.5. The summed E-state index contributed by atoms with van der Waals surface area (Å²) in [6.07, 6.45) is 1.22. The van der Waals surface area contributed by atoms with E-state index < -0.39 is 5.91 Å². The van der Waals surface area contributed by atoms with Gasteiger partial charge in [-0.1, -0.05) is 57.6 Å². The number of benzene rings is 1. The first-order chi connectivity index (χ1) is 10.9. The van der Waals surface area contributed by atoms with Crippen LogP contribution in [0.2, 0.25) is 20.4 Å². The molecular weight excluding hydrogens is 384 g/mol. The molecule has 0 aliphatic heterocycles. The molecule has 3 rings (SSSR count). The molecule has 2 aromatic heterocycles. The number of aryl methyl sites for hydroxylation is 1. The molecule has 118 valence electrons. The molecule has 0 radical (unpaired) electrons. The number of imidazole rings is 1. The zero-order valence-electron chi connectivity index (χ0n) is 11.5. The lowest BCUT2D eigenvalue weighted by atomic mass is 10.1. The smallest absolute Gasteiger partial charge is 0.270 e. The Bertz CT molecular complexity index is 897. The van der Waals surface area contributed by atoms with Crippen LogP contribution in [0.25, 0.3) is 11.3 Å². The van der Waals surface area contributed by atoms with Gasteiger partial charge >= 0.3 is 0 Å². The maximum absolute atomic E-state index is 12.8. The number of nitrogens with zero attached hydrogens (tertiary/aromatic N) is 3. The van der Waals surface area contributed by atoms with Gasteiger partial charge in [0.2, 0.25) is 0 Å². The van der Waals surface area contributed by atoms with E-state index in [4.69, 9.17) is 50.9 Å². The minimum Gasteiger partial charge on any atom is -0.360 e. The van der Waals surface area contributed by atoms with E-state index in [2.05, 4.69) is 10.1 Å². The van der Waals surface area contributed by atoms with E-state index in [0.29, 0.717) is 21.4 Å². The molecule has 0 aliphatic carbocycles. The van der Waals surface area contributed by atoms with E-state index >= 15 is 0 Å². The van der Waals surface area contributed by atoms with Crippen molar-refractivity contribution < 1.29 is 9.32 Å². The van der Waals surface area contributed by atoms with Crippen LogP contribution in [0.1, 0.15) is 16.1 Å². The van der Waals surface area contributed by atoms with Crippen LogP contribution in [0.3, 0.4) is 0 Å². The van der Waals surface area contributed by atoms with Gasteiger partial charge in [0.15, 0.2) is 10.3 Å². The number of carbonyl (C=O) groups excluding carboxylic acids is 1. The van der Waals surface area contributed by atoms with Crippen LogP contribution in [-0.4, -0.2) is 20.6 Å². The van der Waals surface area contributed by atoms with Crippen LogP contribution in [-0.2, 0) is 0 Å². The van der Waals surface area contributed by atoms with Gasteiger partial charge in [0, 0.05) is 5.56 Å². The average molecular weight is 391 g/mol. The fourth-order valence-electron chi connectivity index (χ4n) is 2.09. The van der Waals surface area contributed by atoms with Gasteiger partial charge in [-0.15, -0.1) is 0 Å². The normalized spacial score (nSPS) is 11.0. The third kappa shape index (κ3) is 2.74. The fourth-order valence-corrected chi connectivity index (χ4v) is 2.97. The molecule has 0 bridgehead atoms. The lowest BCUT2D eigenvalue weighted by Crippen LogP contribution is -2.12. The van der Waals surface area contributed by atoms with Gasteiger partial charge in [0.25, 0.3) is 5.91 Å². The monoisotopic (exact) mass is 389 g/mol. The third-order valence-electron chi connectivity index (χ3n) is 3.16. The van der Waals surface area contributed by atoms with Gasteiger partial charge in [-0.3, -0.25) is 9.36 Å². The standard InChI is InChI=1S/C14H7Cl4N3O2/c1-6-9(14(22)21-5-19-12(17)13(21)18)11(20-23-6)10-7(15)3-2-4-8(10)16/h2-5H,1H3. The highest BCUT2D eigenvalue weighted by Crippen LogP contribution is 2.37. The number of halogens is 4. The minimum atomic E-state index is -0.501. The van der Waals surface area contributed by atoms with E-state index in [1.807, 2.05) is 0 Å². The van der Waals surface area contributed by atoms with Crippen molar-refractivity contribution in [3.8, 4) is 11.3 Å². The molecule has 0 atom stereocenters. The van der Waals surface area contributed by atoms with Crippen molar-refractivity contribution in [3.63, 3.8) is 0 Å². The maximum atomic E-state index is 12.8. The first kappa shape index (κ1) is 16.3. The molecule has 23 heavy (non-hydrogen) atoms. The third-order valence-corrected chi connectivity index (χ3v) is 4.53. The van der Waals surface area contributed by atoms with Crippen molar-refractivity contribution in [3.05, 3.63) is 56.2 Å². The second-order valence-corrected chi connectivity index (χ2v) is 6.09. The summed E-state index contributed by atoms with van der Waals surface area (Å²) in [6, 6.07) is 4.97. The van der Waals surface area contributed by atoms with Crippen LogP contribution in [0.4, 0.5) is 0 Å². The number of hydrogen-bond donors (Lipinski definition) is 0. The highest BCUT2D eigenvalue weighted by atomic mass is 35.5. The summed E-state index contributed by atoms with van der Waals surface area (Å²) in [5.41, 5.74) is 0.804. The lowest BCUT2D eigenvalue weighted by Gasteiger charge is -2.07. The first-order valence-corrected chi connectivity index (χ1v) is 7.76. The summed E-state index contributed by atoms with van der Waals surface area (Å²) in [5.74, 6) is -0.207. The number of rotatable bonds is 2. The summed E-state index contributed by atoms with van der Waals surface area (Å²) in [7, 11) is 0. The summed E-state index contributed by atoms with van der Waals surface area (Å²) >= 11 is 24.1. The second kappa shape index (κ2) is 6.17. The van der Waals surface area contributed by atoms with E-state index in [-0.39, 0.29) is 21.6 Å². The molecule has 0 saturated heterocycles. The molecule has 0 aliphatic rings. The molecular formula is C14H7Cl4N3O2. The predicted molar refractivity (Wildman–Crippen MR) is 88.7 cm³/mol. The first-order valence-electron chi connectivity index (χ1n) is 6.25. The van der Waals surface area contributed by atoms with Crippen molar-refractivity contribution in [2.75, 3.05) is 0 Å². The lowest BCUT2D eigenvalue weighted by molar-refractivity contribution is 0.0959. The quantitative estimate of drug-likeness (QED) is 0.607. The van der Waals surface area contributed by atoms with Crippen LogP contribution in [0.15, 0.2) is 29.0 Å². The Hall–Kier alpha value is -1.53. The van der Waals surface area contributed by atoms with E-state index in [0.717, 1.165) is 4.57 Å². The Kier molecular flexibility index (Phi) is 4.38. The van der Waals surface area contributed by atoms with Crippen LogP contribution in [0.5, 0.6) is 0 Å². The van der Waals surface area contributed by atoms with Gasteiger partial charge in [-0.2, -0.15) is 0 Å². The van der Waals surface area contributed by atoms with Gasteiger partial charge in [0.1, 0.15) is 23.3 Å². The van der Waals surface area contributed by atoms with Gasteiger partial charge in [-0.05, 0) is 19.1 Å². The van der Waals surface area contributed by atoms with E-state index in [1.165, 1.54) is 6.33 Å². The molecule has 1 aromatic carbocycles. The number of aromatic nitrogens is 3. The van der Waals surface area contributed by atoms with E-state index in [1.54, 1.807) is 25.1 Å². The Morgan fingerprint density at radius 3 is 2.39 bits per heavy atom. The van der Waals surface area contributed by atoms with Gasteiger partial charge in [-0.25, -0.2) is 4.98 Å². The average Bonchev–Trinajstić information content (AvgIpc) is 3.03. The summed E-state index contributed by atoms with van der Waals surface area (Å²) in [6.45, 7) is 1.60. The van der Waals surface area contributed by atoms with Crippen LogP contribution in [0, 0.1) is 6.92 Å². The van der Waals surface area contributed by atoms with Gasteiger partial charge in [0.05, 0.1) is 10.0 Å². The van der Waals surface area contributed by atoms with Crippen LogP contribution < -0.4 is 0 Å². The molecule has 0 spiro atoms. The molecule has 2 heterocycles. The van der Waals surface area contributed by atoms with Crippen molar-refractivity contribution in [1.29, 1.82) is 0 Å². The zero-order chi connectivity index (χ0) is 16.7. The minimum absolute atomic E-state index is 0.00604. The van der Waals surface area contributed by atoms with Crippen LogP contribution >= 0.6 is 46.4 Å². The van der Waals surface area contributed by atoms with Crippen molar-refractivity contribution in [2.45, 2.75) is 6.92 Å². The SMILES string of the molecule is Cc1onc(-c2c(Cl)cccc2Cl)c1C(=O)n1cnc(Cl)c1Cl. The molecule has 5 nitrogen and oxygen atoms in total. The second-order valence-electron chi connectivity index (χ2n) is 4.56. The molecule has 0 N–H and O–H groups in total. The maximum Gasteiger partial charge on any atom is 0.270 e. The Labute approximate surface area is 150 Å². The highest BCUT2D eigenvalue weighted by molar-refractivity contribution is 6.41. The predicted octanol–water partition coefficient (Wildman–Crippen LogP) is 5.15. The molecule has 0 amide bonds. The summed E-state index contributed by atoms with van der Waals surface area (Å²) in [5, 5.41) is 4.61. The Balaban J connectivity index is 2.21. The highest BCUT2D eigenvalue weighted by Gasteiger charge is 2.27. The van der Waals surface area contributed by atoms with Crippen molar-refractivity contribution in [1.82, 2.24) is 14.7 Å². The molecule has 0 unspecified atom stereocenters.